The molecule has 0 aliphatic heterocycles. The van der Waals surface area contributed by atoms with E-state index in [1.807, 2.05) is 24.3 Å². The maximum Gasteiger partial charge on any atom is 0.153 e. The summed E-state index contributed by atoms with van der Waals surface area (Å²) in [4.78, 5) is 8.14. The standard InChI is InChI=1S/C14H9ClN2O/c15-11-5-12(8-17-7-11)18-14-9-16-6-10-3-1-2-4-13(10)14/h1-9H. The molecule has 1 aromatic carbocycles. The lowest BCUT2D eigenvalue weighted by Crippen LogP contribution is -1.88. The first-order chi connectivity index (χ1) is 8.83. The molecule has 2 aromatic heterocycles. The molecule has 0 aliphatic rings. The summed E-state index contributed by atoms with van der Waals surface area (Å²) in [6.45, 7) is 0. The van der Waals surface area contributed by atoms with E-state index in [9.17, 15) is 0 Å². The molecule has 0 saturated heterocycles. The molecular formula is C14H9ClN2O. The van der Waals surface area contributed by atoms with Crippen LogP contribution in [0.5, 0.6) is 11.5 Å². The SMILES string of the molecule is Clc1cncc(Oc2cncc3ccccc23)c1. The molecule has 4 heteroatoms. The van der Waals surface area contributed by atoms with Crippen molar-refractivity contribution in [2.75, 3.05) is 0 Å². The molecule has 0 aliphatic carbocycles. The van der Waals surface area contributed by atoms with Gasteiger partial charge in [0.1, 0.15) is 5.75 Å². The van der Waals surface area contributed by atoms with E-state index in [0.717, 1.165) is 10.8 Å². The fraction of sp³-hybridized carbons (Fsp3) is 0. The smallest absolute Gasteiger partial charge is 0.153 e. The van der Waals surface area contributed by atoms with Crippen LogP contribution in [-0.4, -0.2) is 9.97 Å². The second-order valence-corrected chi connectivity index (χ2v) is 4.24. The Balaban J connectivity index is 2.05. The third kappa shape index (κ3) is 2.13. The molecule has 0 radical (unpaired) electrons. The largest absolute Gasteiger partial charge is 0.453 e. The van der Waals surface area contributed by atoms with Crippen molar-refractivity contribution in [3.8, 4) is 11.5 Å². The third-order valence-corrected chi connectivity index (χ3v) is 2.75. The molecule has 0 bridgehead atoms. The van der Waals surface area contributed by atoms with Crippen molar-refractivity contribution in [3.05, 3.63) is 60.1 Å². The monoisotopic (exact) mass is 256 g/mol. The minimum atomic E-state index is 0.542. The molecule has 3 aromatic rings. The molecule has 0 atom stereocenters. The zero-order valence-electron chi connectivity index (χ0n) is 9.38. The summed E-state index contributed by atoms with van der Waals surface area (Å²) in [7, 11) is 0. The number of fused-ring (bicyclic) bond motifs is 1. The van der Waals surface area contributed by atoms with E-state index in [0.29, 0.717) is 16.5 Å². The van der Waals surface area contributed by atoms with Gasteiger partial charge in [-0.1, -0.05) is 35.9 Å². The van der Waals surface area contributed by atoms with E-state index < -0.39 is 0 Å². The van der Waals surface area contributed by atoms with Crippen LogP contribution in [0.1, 0.15) is 0 Å². The van der Waals surface area contributed by atoms with Gasteiger partial charge in [0.15, 0.2) is 5.75 Å². The molecule has 0 amide bonds. The van der Waals surface area contributed by atoms with E-state index >= 15 is 0 Å². The number of benzene rings is 1. The summed E-state index contributed by atoms with van der Waals surface area (Å²) in [6, 6.07) is 9.63. The number of hydrogen-bond donors (Lipinski definition) is 0. The maximum atomic E-state index is 5.87. The first-order valence-corrected chi connectivity index (χ1v) is 5.82. The van der Waals surface area contributed by atoms with Gasteiger partial charge in [-0.3, -0.25) is 9.97 Å². The van der Waals surface area contributed by atoms with Gasteiger partial charge in [0.25, 0.3) is 0 Å². The highest BCUT2D eigenvalue weighted by Crippen LogP contribution is 2.29. The first kappa shape index (κ1) is 11.0. The minimum Gasteiger partial charge on any atom is -0.453 e. The zero-order valence-corrected chi connectivity index (χ0v) is 10.1. The molecule has 0 fully saturated rings. The number of nitrogens with zero attached hydrogens (tertiary/aromatic N) is 2. The zero-order chi connectivity index (χ0) is 12.4. The number of pyridine rings is 2. The summed E-state index contributed by atoms with van der Waals surface area (Å²) < 4.78 is 5.76. The topological polar surface area (TPSA) is 35.0 Å². The van der Waals surface area contributed by atoms with Crippen molar-refractivity contribution in [1.82, 2.24) is 9.97 Å². The molecule has 0 unspecified atom stereocenters. The summed E-state index contributed by atoms with van der Waals surface area (Å²) in [5.41, 5.74) is 0. The fourth-order valence-corrected chi connectivity index (χ4v) is 1.91. The molecule has 18 heavy (non-hydrogen) atoms. The van der Waals surface area contributed by atoms with Gasteiger partial charge >= 0.3 is 0 Å². The maximum absolute atomic E-state index is 5.87. The predicted octanol–water partition coefficient (Wildman–Crippen LogP) is 4.08. The van der Waals surface area contributed by atoms with Gasteiger partial charge in [-0.25, -0.2) is 0 Å². The summed E-state index contributed by atoms with van der Waals surface area (Å²) in [5, 5.41) is 2.58. The molecule has 0 spiro atoms. The molecule has 0 saturated carbocycles. The van der Waals surface area contributed by atoms with Crippen molar-refractivity contribution in [1.29, 1.82) is 0 Å². The highest BCUT2D eigenvalue weighted by Gasteiger charge is 2.04. The number of hydrogen-bond acceptors (Lipinski definition) is 3. The Bertz CT molecular complexity index is 695. The number of rotatable bonds is 2. The van der Waals surface area contributed by atoms with Crippen molar-refractivity contribution in [2.45, 2.75) is 0 Å². The Morgan fingerprint density at radius 1 is 0.944 bits per heavy atom. The van der Waals surface area contributed by atoms with E-state index in [4.69, 9.17) is 16.3 Å². The van der Waals surface area contributed by atoms with Gasteiger partial charge in [-0.05, 0) is 0 Å². The molecule has 2 heterocycles. The average Bonchev–Trinajstić information content (AvgIpc) is 2.39. The van der Waals surface area contributed by atoms with E-state index in [2.05, 4.69) is 9.97 Å². The van der Waals surface area contributed by atoms with Crippen molar-refractivity contribution < 1.29 is 4.74 Å². The Morgan fingerprint density at radius 3 is 2.67 bits per heavy atom. The van der Waals surface area contributed by atoms with E-state index in [1.165, 1.54) is 0 Å². The predicted molar refractivity (Wildman–Crippen MR) is 71.1 cm³/mol. The normalized spacial score (nSPS) is 10.5. The summed E-state index contributed by atoms with van der Waals surface area (Å²) in [5.74, 6) is 1.29. The number of aromatic nitrogens is 2. The van der Waals surface area contributed by atoms with Crippen LogP contribution in [0.15, 0.2) is 55.1 Å². The Kier molecular flexibility index (Phi) is 2.82. The van der Waals surface area contributed by atoms with Crippen LogP contribution in [0.25, 0.3) is 10.8 Å². The summed E-state index contributed by atoms with van der Waals surface area (Å²) >= 11 is 5.87. The molecule has 3 nitrogen and oxygen atoms in total. The molecule has 0 N–H and O–H groups in total. The van der Waals surface area contributed by atoms with Gasteiger partial charge in [-0.15, -0.1) is 0 Å². The van der Waals surface area contributed by atoms with Crippen LogP contribution in [-0.2, 0) is 0 Å². The van der Waals surface area contributed by atoms with Crippen molar-refractivity contribution >= 4 is 22.4 Å². The van der Waals surface area contributed by atoms with Gasteiger partial charge < -0.3 is 4.74 Å². The highest BCUT2D eigenvalue weighted by atomic mass is 35.5. The lowest BCUT2D eigenvalue weighted by Gasteiger charge is -2.07. The van der Waals surface area contributed by atoms with Crippen LogP contribution in [0, 0.1) is 0 Å². The second-order valence-electron chi connectivity index (χ2n) is 3.80. The van der Waals surface area contributed by atoms with Crippen molar-refractivity contribution in [3.63, 3.8) is 0 Å². The van der Waals surface area contributed by atoms with E-state index in [-0.39, 0.29) is 0 Å². The number of ether oxygens (including phenoxy) is 1. The minimum absolute atomic E-state index is 0.542. The first-order valence-electron chi connectivity index (χ1n) is 5.44. The second kappa shape index (κ2) is 4.63. The van der Waals surface area contributed by atoms with E-state index in [1.54, 1.807) is 30.9 Å². The Hall–Kier alpha value is -2.13. The lowest BCUT2D eigenvalue weighted by atomic mass is 10.2. The lowest BCUT2D eigenvalue weighted by molar-refractivity contribution is 0.484. The highest BCUT2D eigenvalue weighted by molar-refractivity contribution is 6.30. The summed E-state index contributed by atoms with van der Waals surface area (Å²) in [6.07, 6.45) is 6.67. The third-order valence-electron chi connectivity index (χ3n) is 2.54. The fourth-order valence-electron chi connectivity index (χ4n) is 1.75. The van der Waals surface area contributed by atoms with Crippen LogP contribution in [0.3, 0.4) is 0 Å². The van der Waals surface area contributed by atoms with Gasteiger partial charge in [0.05, 0.1) is 17.4 Å². The van der Waals surface area contributed by atoms with Gasteiger partial charge in [0.2, 0.25) is 0 Å². The van der Waals surface area contributed by atoms with Crippen LogP contribution in [0.4, 0.5) is 0 Å². The Morgan fingerprint density at radius 2 is 1.78 bits per heavy atom. The quantitative estimate of drug-likeness (QED) is 0.693. The van der Waals surface area contributed by atoms with Gasteiger partial charge in [-0.2, -0.15) is 0 Å². The van der Waals surface area contributed by atoms with Gasteiger partial charge in [0, 0.05) is 29.2 Å². The van der Waals surface area contributed by atoms with Crippen LogP contribution < -0.4 is 4.74 Å². The number of halogens is 1. The Labute approximate surface area is 109 Å². The van der Waals surface area contributed by atoms with Crippen LogP contribution in [0.2, 0.25) is 5.02 Å². The van der Waals surface area contributed by atoms with Crippen molar-refractivity contribution in [2.24, 2.45) is 0 Å². The average molecular weight is 257 g/mol. The van der Waals surface area contributed by atoms with Crippen LogP contribution >= 0.6 is 11.6 Å². The molecule has 88 valence electrons. The molecular weight excluding hydrogens is 248 g/mol. The molecule has 3 rings (SSSR count).